The Kier molecular flexibility index (Phi) is 6.54. The molecule has 1 unspecified atom stereocenters. The summed E-state index contributed by atoms with van der Waals surface area (Å²) in [5.41, 5.74) is 0. The van der Waals surface area contributed by atoms with Crippen molar-refractivity contribution < 1.29 is 19.1 Å². The van der Waals surface area contributed by atoms with Crippen molar-refractivity contribution >= 4 is 23.4 Å². The molecular formula is C8H13ClO4. The van der Waals surface area contributed by atoms with Crippen LogP contribution in [0.15, 0.2) is 0 Å². The monoisotopic (exact) mass is 208 g/mol. The van der Waals surface area contributed by atoms with Crippen molar-refractivity contribution in [3.05, 3.63) is 0 Å². The van der Waals surface area contributed by atoms with Crippen LogP contribution < -0.4 is 0 Å². The Bertz CT molecular complexity index is 177. The van der Waals surface area contributed by atoms with Crippen molar-refractivity contribution in [1.29, 1.82) is 0 Å². The molecule has 0 rings (SSSR count). The maximum absolute atomic E-state index is 11.1. The van der Waals surface area contributed by atoms with Crippen molar-refractivity contribution in [2.45, 2.75) is 18.9 Å². The minimum Gasteiger partial charge on any atom is -0.469 e. The van der Waals surface area contributed by atoms with Crippen LogP contribution in [0, 0.1) is 0 Å². The number of Topliss-reactive ketones (excluding diaryl/α,β-unsaturated/α-hetero) is 1. The fourth-order valence-electron chi connectivity index (χ4n) is 0.760. The van der Waals surface area contributed by atoms with Gasteiger partial charge in [-0.05, 0) is 0 Å². The van der Waals surface area contributed by atoms with Gasteiger partial charge in [0.05, 0.1) is 13.2 Å². The number of carbonyl (C=O) groups is 2. The number of alkyl halides is 1. The van der Waals surface area contributed by atoms with E-state index in [1.165, 1.54) is 14.2 Å². The van der Waals surface area contributed by atoms with E-state index in [9.17, 15) is 9.59 Å². The number of carbonyl (C=O) groups excluding carboxylic acids is 2. The van der Waals surface area contributed by atoms with Gasteiger partial charge in [-0.2, -0.15) is 0 Å². The summed E-state index contributed by atoms with van der Waals surface area (Å²) in [4.78, 5) is 21.8. The van der Waals surface area contributed by atoms with Crippen LogP contribution in [0.25, 0.3) is 0 Å². The van der Waals surface area contributed by atoms with Gasteiger partial charge in [-0.15, -0.1) is 11.6 Å². The van der Waals surface area contributed by atoms with E-state index in [1.807, 2.05) is 0 Å². The highest BCUT2D eigenvalue weighted by molar-refractivity contribution is 6.18. The van der Waals surface area contributed by atoms with Crippen LogP contribution in [0.1, 0.15) is 12.8 Å². The standard InChI is InChI=1S/C8H13ClO4/c1-12-7(5-9)3-6(10)4-8(11)13-2/h7H,3-5H2,1-2H3. The molecule has 0 aromatic heterocycles. The maximum atomic E-state index is 11.1. The largest absolute Gasteiger partial charge is 0.469 e. The molecule has 0 aromatic rings. The van der Waals surface area contributed by atoms with Gasteiger partial charge in [0, 0.05) is 19.4 Å². The highest BCUT2D eigenvalue weighted by Gasteiger charge is 2.15. The number of ketones is 1. The molecule has 4 nitrogen and oxygen atoms in total. The first kappa shape index (κ1) is 12.4. The summed E-state index contributed by atoms with van der Waals surface area (Å²) in [5, 5.41) is 0. The van der Waals surface area contributed by atoms with Gasteiger partial charge in [-0.1, -0.05) is 0 Å². The third-order valence-corrected chi connectivity index (χ3v) is 1.87. The van der Waals surface area contributed by atoms with Crippen molar-refractivity contribution in [2.75, 3.05) is 20.1 Å². The van der Waals surface area contributed by atoms with Gasteiger partial charge < -0.3 is 9.47 Å². The molecule has 0 aliphatic heterocycles. The predicted molar refractivity (Wildman–Crippen MR) is 47.8 cm³/mol. The Morgan fingerprint density at radius 3 is 2.38 bits per heavy atom. The maximum Gasteiger partial charge on any atom is 0.313 e. The molecule has 76 valence electrons. The zero-order chi connectivity index (χ0) is 10.3. The molecule has 0 aliphatic carbocycles. The first-order valence-corrected chi connectivity index (χ1v) is 4.34. The summed E-state index contributed by atoms with van der Waals surface area (Å²) < 4.78 is 9.22. The topological polar surface area (TPSA) is 52.6 Å². The lowest BCUT2D eigenvalue weighted by molar-refractivity contribution is -0.143. The van der Waals surface area contributed by atoms with Crippen LogP contribution in [-0.4, -0.2) is 38.0 Å². The fourth-order valence-corrected chi connectivity index (χ4v) is 0.995. The Labute approximate surface area is 82.1 Å². The Balaban J connectivity index is 3.79. The number of ether oxygens (including phenoxy) is 2. The molecule has 0 heterocycles. The van der Waals surface area contributed by atoms with E-state index in [-0.39, 0.29) is 30.6 Å². The number of hydrogen-bond acceptors (Lipinski definition) is 4. The Morgan fingerprint density at radius 1 is 1.38 bits per heavy atom. The molecule has 1 atom stereocenters. The highest BCUT2D eigenvalue weighted by Crippen LogP contribution is 2.03. The SMILES string of the molecule is COC(=O)CC(=O)CC(CCl)OC. The van der Waals surface area contributed by atoms with E-state index in [2.05, 4.69) is 4.74 Å². The Hall–Kier alpha value is -0.610. The lowest BCUT2D eigenvalue weighted by Crippen LogP contribution is -2.20. The van der Waals surface area contributed by atoms with Gasteiger partial charge in [0.15, 0.2) is 0 Å². The normalized spacial score (nSPS) is 12.2. The first-order chi connectivity index (χ1) is 6.13. The molecule has 0 amide bonds. The second-order valence-corrected chi connectivity index (χ2v) is 2.82. The summed E-state index contributed by atoms with van der Waals surface area (Å²) in [6.07, 6.45) is -0.388. The molecule has 5 heteroatoms. The zero-order valence-corrected chi connectivity index (χ0v) is 8.47. The van der Waals surface area contributed by atoms with Crippen LogP contribution in [0.2, 0.25) is 0 Å². The quantitative estimate of drug-likeness (QED) is 0.368. The van der Waals surface area contributed by atoms with Crippen molar-refractivity contribution in [1.82, 2.24) is 0 Å². The van der Waals surface area contributed by atoms with Gasteiger partial charge in [-0.25, -0.2) is 0 Å². The molecule has 0 spiro atoms. The van der Waals surface area contributed by atoms with Crippen LogP contribution in [0.5, 0.6) is 0 Å². The van der Waals surface area contributed by atoms with E-state index in [0.717, 1.165) is 0 Å². The minimum atomic E-state index is -0.533. The van der Waals surface area contributed by atoms with Gasteiger partial charge in [-0.3, -0.25) is 9.59 Å². The number of methoxy groups -OCH3 is 2. The van der Waals surface area contributed by atoms with Gasteiger partial charge in [0.25, 0.3) is 0 Å². The van der Waals surface area contributed by atoms with Gasteiger partial charge >= 0.3 is 5.97 Å². The third-order valence-electron chi connectivity index (χ3n) is 1.53. The smallest absolute Gasteiger partial charge is 0.313 e. The Morgan fingerprint density at radius 2 is 2.00 bits per heavy atom. The third kappa shape index (κ3) is 5.60. The van der Waals surface area contributed by atoms with Gasteiger partial charge in [0.2, 0.25) is 0 Å². The van der Waals surface area contributed by atoms with Crippen LogP contribution >= 0.6 is 11.6 Å². The van der Waals surface area contributed by atoms with E-state index in [1.54, 1.807) is 0 Å². The molecule has 0 bridgehead atoms. The molecule has 0 N–H and O–H groups in total. The van der Waals surface area contributed by atoms with E-state index < -0.39 is 5.97 Å². The number of hydrogen-bond donors (Lipinski definition) is 0. The summed E-state index contributed by atoms with van der Waals surface area (Å²) in [5.74, 6) is -0.516. The number of rotatable bonds is 6. The fraction of sp³-hybridized carbons (Fsp3) is 0.750. The van der Waals surface area contributed by atoms with Crippen LogP contribution in [0.3, 0.4) is 0 Å². The molecule has 0 fully saturated rings. The molecule has 13 heavy (non-hydrogen) atoms. The van der Waals surface area contributed by atoms with E-state index in [4.69, 9.17) is 16.3 Å². The predicted octanol–water partition coefficient (Wildman–Crippen LogP) is 0.762. The van der Waals surface area contributed by atoms with Crippen molar-refractivity contribution in [2.24, 2.45) is 0 Å². The number of halogens is 1. The molecule has 0 aromatic carbocycles. The molecule has 0 aliphatic rings. The lowest BCUT2D eigenvalue weighted by Gasteiger charge is -2.09. The minimum absolute atomic E-state index is 0.148. The molecule has 0 radical (unpaired) electrons. The van der Waals surface area contributed by atoms with Crippen molar-refractivity contribution in [3.8, 4) is 0 Å². The summed E-state index contributed by atoms with van der Waals surface area (Å²) in [6, 6.07) is 0. The van der Waals surface area contributed by atoms with Crippen LogP contribution in [-0.2, 0) is 19.1 Å². The molecule has 0 saturated heterocycles. The second-order valence-electron chi connectivity index (χ2n) is 2.51. The van der Waals surface area contributed by atoms with Crippen molar-refractivity contribution in [3.63, 3.8) is 0 Å². The second kappa shape index (κ2) is 6.86. The van der Waals surface area contributed by atoms with Crippen LogP contribution in [0.4, 0.5) is 0 Å². The summed E-state index contributed by atoms with van der Waals surface area (Å²) in [6.45, 7) is 0. The van der Waals surface area contributed by atoms with E-state index >= 15 is 0 Å². The lowest BCUT2D eigenvalue weighted by atomic mass is 10.1. The number of esters is 1. The zero-order valence-electron chi connectivity index (χ0n) is 7.71. The molecule has 0 saturated carbocycles. The average Bonchev–Trinajstić information content (AvgIpc) is 2.13. The summed E-state index contributed by atoms with van der Waals surface area (Å²) in [7, 11) is 2.71. The summed E-state index contributed by atoms with van der Waals surface area (Å²) >= 11 is 5.49. The van der Waals surface area contributed by atoms with Gasteiger partial charge in [0.1, 0.15) is 12.2 Å². The van der Waals surface area contributed by atoms with E-state index in [0.29, 0.717) is 0 Å². The highest BCUT2D eigenvalue weighted by atomic mass is 35.5. The molecular weight excluding hydrogens is 196 g/mol. The first-order valence-electron chi connectivity index (χ1n) is 3.81. The average molecular weight is 209 g/mol.